The summed E-state index contributed by atoms with van der Waals surface area (Å²) in [4.78, 5) is 0. The molecule has 0 aliphatic carbocycles. The monoisotopic (exact) mass is 224 g/mol. The third-order valence-electron chi connectivity index (χ3n) is 2.42. The van der Waals surface area contributed by atoms with E-state index in [2.05, 4.69) is 26.0 Å². The van der Waals surface area contributed by atoms with E-state index in [1.807, 2.05) is 12.1 Å². The fourth-order valence-corrected chi connectivity index (χ4v) is 3.16. The quantitative estimate of drug-likeness (QED) is 0.542. The van der Waals surface area contributed by atoms with Gasteiger partial charge in [-0.05, 0) is 24.1 Å². The van der Waals surface area contributed by atoms with E-state index in [0.29, 0.717) is 0 Å². The Balaban J connectivity index is 2.61. The molecule has 0 radical (unpaired) electrons. The SMILES string of the molecule is CCCCO[SiH](OC)c1ccccc1C. The van der Waals surface area contributed by atoms with Crippen molar-refractivity contribution in [3.63, 3.8) is 0 Å². The molecule has 0 aliphatic heterocycles. The van der Waals surface area contributed by atoms with Crippen LogP contribution >= 0.6 is 0 Å². The summed E-state index contributed by atoms with van der Waals surface area (Å²) in [6, 6.07) is 8.32. The number of hydrogen-bond acceptors (Lipinski definition) is 2. The van der Waals surface area contributed by atoms with Gasteiger partial charge in [0, 0.05) is 13.7 Å². The first-order valence-corrected chi connectivity index (χ1v) is 7.01. The summed E-state index contributed by atoms with van der Waals surface area (Å²) in [6.45, 7) is 5.09. The van der Waals surface area contributed by atoms with Crippen molar-refractivity contribution in [1.29, 1.82) is 0 Å². The predicted molar refractivity (Wildman–Crippen MR) is 65.8 cm³/mol. The normalized spacial score (nSPS) is 12.7. The third-order valence-corrected chi connectivity index (χ3v) is 4.55. The summed E-state index contributed by atoms with van der Waals surface area (Å²) in [5.41, 5.74) is 1.27. The van der Waals surface area contributed by atoms with Gasteiger partial charge in [-0.25, -0.2) is 0 Å². The maximum absolute atomic E-state index is 5.82. The average Bonchev–Trinajstić information content (AvgIpc) is 2.26. The molecule has 0 aliphatic rings. The molecule has 0 heterocycles. The lowest BCUT2D eigenvalue weighted by Crippen LogP contribution is -2.37. The van der Waals surface area contributed by atoms with Crippen molar-refractivity contribution in [2.75, 3.05) is 13.7 Å². The second-order valence-corrected chi connectivity index (χ2v) is 5.74. The lowest BCUT2D eigenvalue weighted by Gasteiger charge is -2.16. The maximum Gasteiger partial charge on any atom is 0.355 e. The molecular weight excluding hydrogens is 204 g/mol. The van der Waals surface area contributed by atoms with Crippen molar-refractivity contribution in [3.8, 4) is 0 Å². The molecule has 0 fully saturated rings. The molecule has 0 spiro atoms. The largest absolute Gasteiger partial charge is 0.397 e. The maximum atomic E-state index is 5.82. The van der Waals surface area contributed by atoms with Crippen LogP contribution < -0.4 is 5.19 Å². The first-order valence-electron chi connectivity index (χ1n) is 5.49. The van der Waals surface area contributed by atoms with Gasteiger partial charge >= 0.3 is 9.28 Å². The van der Waals surface area contributed by atoms with Gasteiger partial charge in [0.05, 0.1) is 0 Å². The highest BCUT2D eigenvalue weighted by molar-refractivity contribution is 6.61. The van der Waals surface area contributed by atoms with Crippen LogP contribution in [-0.4, -0.2) is 23.0 Å². The first-order chi connectivity index (χ1) is 7.29. The standard InChI is InChI=1S/C12H20O2Si/c1-4-5-10-14-15(13-3)12-9-7-6-8-11(12)2/h6-9,15H,4-5,10H2,1-3H3. The fourth-order valence-electron chi connectivity index (χ4n) is 1.47. The zero-order valence-electron chi connectivity index (χ0n) is 9.82. The Morgan fingerprint density at radius 2 is 2.00 bits per heavy atom. The lowest BCUT2D eigenvalue weighted by atomic mass is 10.2. The predicted octanol–water partition coefficient (Wildman–Crippen LogP) is 1.89. The minimum atomic E-state index is -1.64. The van der Waals surface area contributed by atoms with Gasteiger partial charge in [0.1, 0.15) is 0 Å². The van der Waals surface area contributed by atoms with Gasteiger partial charge in [0.25, 0.3) is 0 Å². The summed E-state index contributed by atoms with van der Waals surface area (Å²) >= 11 is 0. The highest BCUT2D eigenvalue weighted by atomic mass is 28.3. The van der Waals surface area contributed by atoms with E-state index in [1.165, 1.54) is 17.2 Å². The molecule has 84 valence electrons. The molecule has 3 heteroatoms. The third kappa shape index (κ3) is 3.78. The van der Waals surface area contributed by atoms with E-state index in [9.17, 15) is 0 Å². The molecule has 1 atom stereocenters. The Morgan fingerprint density at radius 3 is 2.60 bits per heavy atom. The molecule has 0 saturated heterocycles. The van der Waals surface area contributed by atoms with Crippen molar-refractivity contribution in [3.05, 3.63) is 29.8 Å². The lowest BCUT2D eigenvalue weighted by molar-refractivity contribution is 0.236. The van der Waals surface area contributed by atoms with Crippen LogP contribution in [0.4, 0.5) is 0 Å². The molecule has 15 heavy (non-hydrogen) atoms. The van der Waals surface area contributed by atoms with E-state index < -0.39 is 9.28 Å². The van der Waals surface area contributed by atoms with Gasteiger partial charge in [-0.15, -0.1) is 0 Å². The Labute approximate surface area is 94.1 Å². The molecule has 0 saturated carbocycles. The van der Waals surface area contributed by atoms with E-state index in [1.54, 1.807) is 7.11 Å². The summed E-state index contributed by atoms with van der Waals surface area (Å²) in [5.74, 6) is 0. The molecule has 0 aromatic heterocycles. The molecule has 1 unspecified atom stereocenters. The van der Waals surface area contributed by atoms with E-state index in [0.717, 1.165) is 13.0 Å². The number of hydrogen-bond donors (Lipinski definition) is 0. The van der Waals surface area contributed by atoms with Crippen LogP contribution in [0.5, 0.6) is 0 Å². The highest BCUT2D eigenvalue weighted by Gasteiger charge is 2.16. The molecule has 2 nitrogen and oxygen atoms in total. The van der Waals surface area contributed by atoms with Crippen molar-refractivity contribution >= 4 is 14.5 Å². The second kappa shape index (κ2) is 6.77. The zero-order chi connectivity index (χ0) is 11.1. The molecule has 1 aromatic carbocycles. The molecule has 1 aromatic rings. The van der Waals surface area contributed by atoms with Crippen molar-refractivity contribution in [1.82, 2.24) is 0 Å². The first kappa shape index (κ1) is 12.4. The minimum absolute atomic E-state index is 0.815. The van der Waals surface area contributed by atoms with Crippen LogP contribution in [0, 0.1) is 6.92 Å². The average molecular weight is 224 g/mol. The van der Waals surface area contributed by atoms with Crippen LogP contribution in [0.15, 0.2) is 24.3 Å². The summed E-state index contributed by atoms with van der Waals surface area (Å²) < 4.78 is 11.3. The van der Waals surface area contributed by atoms with Crippen molar-refractivity contribution < 1.29 is 8.85 Å². The van der Waals surface area contributed by atoms with Gasteiger partial charge in [-0.2, -0.15) is 0 Å². The topological polar surface area (TPSA) is 18.5 Å². The van der Waals surface area contributed by atoms with Gasteiger partial charge in [-0.1, -0.05) is 37.6 Å². The van der Waals surface area contributed by atoms with Gasteiger partial charge in [0.2, 0.25) is 0 Å². The highest BCUT2D eigenvalue weighted by Crippen LogP contribution is 1.99. The second-order valence-electron chi connectivity index (χ2n) is 3.65. The number of rotatable bonds is 6. The van der Waals surface area contributed by atoms with Gasteiger partial charge in [0.15, 0.2) is 0 Å². The van der Waals surface area contributed by atoms with Crippen molar-refractivity contribution in [2.24, 2.45) is 0 Å². The van der Waals surface area contributed by atoms with Crippen LogP contribution in [0.1, 0.15) is 25.3 Å². The van der Waals surface area contributed by atoms with Crippen LogP contribution in [-0.2, 0) is 8.85 Å². The fraction of sp³-hybridized carbons (Fsp3) is 0.500. The minimum Gasteiger partial charge on any atom is -0.397 e. The van der Waals surface area contributed by atoms with Crippen LogP contribution in [0.3, 0.4) is 0 Å². The number of benzene rings is 1. The molecular formula is C12H20O2Si. The molecule has 0 bridgehead atoms. The Morgan fingerprint density at radius 1 is 1.27 bits per heavy atom. The molecule has 1 rings (SSSR count). The molecule has 0 N–H and O–H groups in total. The van der Waals surface area contributed by atoms with E-state index >= 15 is 0 Å². The van der Waals surface area contributed by atoms with Crippen molar-refractivity contribution in [2.45, 2.75) is 26.7 Å². The smallest absolute Gasteiger partial charge is 0.355 e. The zero-order valence-corrected chi connectivity index (χ0v) is 11.0. The number of unbranched alkanes of at least 4 members (excludes halogenated alkanes) is 1. The summed E-state index contributed by atoms with van der Waals surface area (Å²) in [5, 5.41) is 1.26. The Hall–Kier alpha value is -0.643. The van der Waals surface area contributed by atoms with Gasteiger partial charge < -0.3 is 8.85 Å². The van der Waals surface area contributed by atoms with Crippen LogP contribution in [0.25, 0.3) is 0 Å². The molecule has 0 amide bonds. The van der Waals surface area contributed by atoms with Crippen LogP contribution in [0.2, 0.25) is 0 Å². The Bertz CT molecular complexity index is 289. The summed E-state index contributed by atoms with van der Waals surface area (Å²) in [6.07, 6.45) is 2.28. The summed E-state index contributed by atoms with van der Waals surface area (Å²) in [7, 11) is 0.103. The van der Waals surface area contributed by atoms with E-state index in [-0.39, 0.29) is 0 Å². The van der Waals surface area contributed by atoms with Gasteiger partial charge in [-0.3, -0.25) is 0 Å². The van der Waals surface area contributed by atoms with E-state index in [4.69, 9.17) is 8.85 Å². The number of aryl methyl sites for hydroxylation is 1. The Kier molecular flexibility index (Phi) is 5.61.